The number of hydrazone groups is 1. The summed E-state index contributed by atoms with van der Waals surface area (Å²) in [6, 6.07) is 0.438. The fourth-order valence-corrected chi connectivity index (χ4v) is 2.09. The van der Waals surface area contributed by atoms with E-state index in [4.69, 9.17) is 11.6 Å². The third kappa shape index (κ3) is 5.15. The highest BCUT2D eigenvalue weighted by Gasteiger charge is 2.17. The van der Waals surface area contributed by atoms with Gasteiger partial charge in [0, 0.05) is 11.8 Å². The van der Waals surface area contributed by atoms with E-state index in [9.17, 15) is 0 Å². The van der Waals surface area contributed by atoms with E-state index in [1.807, 2.05) is 0 Å². The topological polar surface area (TPSA) is 89.1 Å². The van der Waals surface area contributed by atoms with E-state index >= 15 is 0 Å². The van der Waals surface area contributed by atoms with Gasteiger partial charge in [-0.15, -0.1) is 0 Å². The first kappa shape index (κ1) is 14.6. The highest BCUT2D eigenvalue weighted by Crippen LogP contribution is 2.23. The van der Waals surface area contributed by atoms with E-state index in [1.165, 1.54) is 18.8 Å². The summed E-state index contributed by atoms with van der Waals surface area (Å²) in [5.41, 5.74) is 6.44. The largest absolute Gasteiger partial charge is 0.404 e. The fraction of sp³-hybridized carbons (Fsp3) is 0.500. The van der Waals surface area contributed by atoms with E-state index in [-0.39, 0.29) is 0 Å². The molecule has 0 atom stereocenters. The van der Waals surface area contributed by atoms with Crippen molar-refractivity contribution >= 4 is 53.1 Å². The van der Waals surface area contributed by atoms with Gasteiger partial charge in [-0.3, -0.25) is 9.98 Å². The molecule has 94 valence electrons. The Morgan fingerprint density at radius 1 is 1.47 bits per heavy atom. The average molecular weight is 412 g/mol. The number of rotatable bonds is 5. The van der Waals surface area contributed by atoms with Gasteiger partial charge >= 0.3 is 0 Å². The molecule has 1 aliphatic rings. The van der Waals surface area contributed by atoms with E-state index in [2.05, 4.69) is 53.6 Å². The van der Waals surface area contributed by atoms with Crippen LogP contribution in [0.15, 0.2) is 26.9 Å². The van der Waals surface area contributed by atoms with Crippen molar-refractivity contribution < 1.29 is 0 Å². The minimum absolute atomic E-state index is 0.438. The third-order valence-electron chi connectivity index (χ3n) is 2.42. The number of nitrogens with two attached hydrogens (primary N) is 2. The zero-order valence-electron chi connectivity index (χ0n) is 9.31. The number of aliphatic imine (C=N–C) groups is 2. The summed E-state index contributed by atoms with van der Waals surface area (Å²) in [4.78, 5) is 8.80. The van der Waals surface area contributed by atoms with Crippen LogP contribution in [0.25, 0.3) is 0 Å². The summed E-state index contributed by atoms with van der Waals surface area (Å²) in [7, 11) is 0. The molecule has 17 heavy (non-hydrogen) atoms. The first-order chi connectivity index (χ1) is 8.17. The predicted octanol–water partition coefficient (Wildman–Crippen LogP) is 1.95. The molecule has 1 aliphatic carbocycles. The van der Waals surface area contributed by atoms with Crippen LogP contribution in [0, 0.1) is 0 Å². The summed E-state index contributed by atoms with van der Waals surface area (Å²) >= 11 is 5.50. The minimum Gasteiger partial charge on any atom is -0.404 e. The lowest BCUT2D eigenvalue weighted by Gasteiger charge is -2.21. The second-order valence-corrected chi connectivity index (χ2v) is 5.47. The van der Waals surface area contributed by atoms with Crippen molar-refractivity contribution in [1.29, 1.82) is 0 Å². The van der Waals surface area contributed by atoms with Crippen molar-refractivity contribution in [3.63, 3.8) is 0 Å². The molecule has 0 bridgehead atoms. The molecule has 1 saturated carbocycles. The molecule has 0 spiro atoms. The second-order valence-electron chi connectivity index (χ2n) is 3.61. The molecule has 0 aromatic rings. The Hall–Kier alpha value is -0.440. The Morgan fingerprint density at radius 3 is 2.65 bits per heavy atom. The van der Waals surface area contributed by atoms with E-state index < -0.39 is 0 Å². The molecule has 1 rings (SSSR count). The molecular weight excluding hydrogens is 397 g/mol. The third-order valence-corrected chi connectivity index (χ3v) is 3.75. The van der Waals surface area contributed by atoms with Crippen LogP contribution in [0.1, 0.15) is 19.3 Å². The Balaban J connectivity index is 2.59. The van der Waals surface area contributed by atoms with Gasteiger partial charge in [0.2, 0.25) is 0 Å². The monoisotopic (exact) mass is 411 g/mol. The maximum Gasteiger partial charge on any atom is 0.116 e. The van der Waals surface area contributed by atoms with Gasteiger partial charge in [-0.25, -0.2) is 0 Å². The van der Waals surface area contributed by atoms with Crippen LogP contribution in [-0.4, -0.2) is 27.1 Å². The number of nitrogens with zero attached hydrogens (tertiary/aromatic N) is 3. The van der Waals surface area contributed by atoms with E-state index in [1.54, 1.807) is 0 Å². The molecule has 4 N–H and O–H groups in total. The summed E-state index contributed by atoms with van der Waals surface area (Å²) in [5.74, 6) is 5.03. The maximum atomic E-state index is 5.57. The van der Waals surface area contributed by atoms with Gasteiger partial charge in [0.25, 0.3) is 0 Å². The Morgan fingerprint density at radius 2 is 2.18 bits per heavy atom. The van der Waals surface area contributed by atoms with Crippen LogP contribution in [0.4, 0.5) is 0 Å². The van der Waals surface area contributed by atoms with Gasteiger partial charge in [0.15, 0.2) is 0 Å². The molecule has 0 aromatic carbocycles. The maximum absolute atomic E-state index is 5.57. The Kier molecular flexibility index (Phi) is 6.71. The quantitative estimate of drug-likeness (QED) is 0.313. The molecule has 0 amide bonds. The van der Waals surface area contributed by atoms with Gasteiger partial charge in [0.1, 0.15) is 8.34 Å². The first-order valence-electron chi connectivity index (χ1n) is 5.25. The number of halogens is 2. The standard InChI is InChI=1S/C10H15BrIN5/c11-10(17-8-2-1-3-8)7(4-13)5-15-9(12)6-16-14/h4,6,8H,1-3,5,13-14H2. The smallest absolute Gasteiger partial charge is 0.116 e. The van der Waals surface area contributed by atoms with Crippen LogP contribution < -0.4 is 11.6 Å². The highest BCUT2D eigenvalue weighted by molar-refractivity contribution is 14.1. The normalized spacial score (nSPS) is 19.8. The highest BCUT2D eigenvalue weighted by atomic mass is 127. The second kappa shape index (κ2) is 7.80. The van der Waals surface area contributed by atoms with Crippen molar-refractivity contribution in [2.75, 3.05) is 6.54 Å². The molecule has 0 saturated heterocycles. The predicted molar refractivity (Wildman–Crippen MR) is 85.3 cm³/mol. The Bertz CT molecular complexity index is 371. The van der Waals surface area contributed by atoms with Crippen molar-refractivity contribution in [1.82, 2.24) is 0 Å². The van der Waals surface area contributed by atoms with Gasteiger partial charge in [-0.05, 0) is 57.8 Å². The summed E-state index contributed by atoms with van der Waals surface area (Å²) in [6.07, 6.45) is 6.60. The van der Waals surface area contributed by atoms with Crippen LogP contribution >= 0.6 is 38.5 Å². The molecule has 0 radical (unpaired) electrons. The van der Waals surface area contributed by atoms with Gasteiger partial charge in [-0.2, -0.15) is 5.10 Å². The zero-order valence-corrected chi connectivity index (χ0v) is 13.1. The molecule has 5 nitrogen and oxygen atoms in total. The number of hydrogen-bond acceptors (Lipinski definition) is 5. The summed E-state index contributed by atoms with van der Waals surface area (Å²) < 4.78 is 1.52. The minimum atomic E-state index is 0.438. The number of hydrogen-bond donors (Lipinski definition) is 2. The average Bonchev–Trinajstić information content (AvgIpc) is 2.24. The summed E-state index contributed by atoms with van der Waals surface area (Å²) in [6.45, 7) is 0.470. The summed E-state index contributed by atoms with van der Waals surface area (Å²) in [5, 5.41) is 3.40. The van der Waals surface area contributed by atoms with E-state index in [0.717, 1.165) is 26.8 Å². The van der Waals surface area contributed by atoms with Crippen molar-refractivity contribution in [3.05, 3.63) is 11.8 Å². The van der Waals surface area contributed by atoms with Crippen molar-refractivity contribution in [2.45, 2.75) is 25.3 Å². The van der Waals surface area contributed by atoms with Crippen LogP contribution in [0.5, 0.6) is 0 Å². The van der Waals surface area contributed by atoms with Crippen molar-refractivity contribution in [2.24, 2.45) is 26.7 Å². The lowest BCUT2D eigenvalue weighted by Crippen LogP contribution is -2.17. The van der Waals surface area contributed by atoms with E-state index in [0.29, 0.717) is 12.6 Å². The Labute approximate surface area is 123 Å². The SMILES string of the molecule is NC=C(CN=C(I)C=NN)C(Br)=NC1CCC1. The molecule has 0 heterocycles. The van der Waals surface area contributed by atoms with Gasteiger partial charge in [-0.1, -0.05) is 0 Å². The zero-order chi connectivity index (χ0) is 12.7. The van der Waals surface area contributed by atoms with Crippen LogP contribution in [-0.2, 0) is 0 Å². The van der Waals surface area contributed by atoms with Gasteiger partial charge in [0.05, 0.1) is 18.8 Å². The molecule has 0 aliphatic heterocycles. The fourth-order valence-electron chi connectivity index (χ4n) is 1.21. The molecular formula is C10H15BrIN5. The first-order valence-corrected chi connectivity index (χ1v) is 7.12. The lowest BCUT2D eigenvalue weighted by molar-refractivity contribution is 0.421. The molecule has 1 fully saturated rings. The van der Waals surface area contributed by atoms with Crippen LogP contribution in [0.2, 0.25) is 0 Å². The van der Waals surface area contributed by atoms with Gasteiger partial charge < -0.3 is 11.6 Å². The lowest BCUT2D eigenvalue weighted by atomic mass is 9.94. The molecule has 7 heteroatoms. The van der Waals surface area contributed by atoms with Crippen LogP contribution in [0.3, 0.4) is 0 Å². The van der Waals surface area contributed by atoms with Crippen molar-refractivity contribution in [3.8, 4) is 0 Å². The molecule has 0 aromatic heterocycles. The molecule has 0 unspecified atom stereocenters.